The number of hydrogen-bond acceptors (Lipinski definition) is 5. The second kappa shape index (κ2) is 8.23. The third-order valence-electron chi connectivity index (χ3n) is 1.43. The lowest BCUT2D eigenvalue weighted by Gasteiger charge is -2.21. The van der Waals surface area contributed by atoms with Crippen LogP contribution in [0.15, 0.2) is 0 Å². The van der Waals surface area contributed by atoms with Crippen LogP contribution >= 0.6 is 11.8 Å². The molecule has 0 aliphatic rings. The summed E-state index contributed by atoms with van der Waals surface area (Å²) in [4.78, 5) is 10.7. The van der Waals surface area contributed by atoms with Crippen molar-refractivity contribution in [2.45, 2.75) is 33.2 Å². The predicted molar refractivity (Wildman–Crippen MR) is 56.2 cm³/mol. The van der Waals surface area contributed by atoms with E-state index in [0.717, 1.165) is 11.8 Å². The molecule has 0 bridgehead atoms. The molecule has 5 heteroatoms. The van der Waals surface area contributed by atoms with E-state index in [1.54, 1.807) is 0 Å². The van der Waals surface area contributed by atoms with Gasteiger partial charge in [-0.15, -0.1) is 0 Å². The van der Waals surface area contributed by atoms with Gasteiger partial charge in [-0.05, 0) is 13.8 Å². The Kier molecular flexibility index (Phi) is 8.17. The minimum absolute atomic E-state index is 0.0178. The lowest BCUT2D eigenvalue weighted by atomic mass is 10.4. The van der Waals surface area contributed by atoms with Crippen molar-refractivity contribution in [2.75, 3.05) is 19.0 Å². The molecular formula is C9H18O4S. The fourth-order valence-corrected chi connectivity index (χ4v) is 1.44. The van der Waals surface area contributed by atoms with Crippen LogP contribution in [0.25, 0.3) is 0 Å². The molecule has 0 aliphatic heterocycles. The molecule has 1 atom stereocenters. The first-order valence-electron chi connectivity index (χ1n) is 4.66. The van der Waals surface area contributed by atoms with Crippen molar-refractivity contribution in [3.05, 3.63) is 0 Å². The van der Waals surface area contributed by atoms with Gasteiger partial charge in [0.2, 0.25) is 0 Å². The van der Waals surface area contributed by atoms with Crippen LogP contribution in [0, 0.1) is 0 Å². The molecule has 0 saturated heterocycles. The standard InChI is InChI=1S/C9H18O4S/c1-4-12-9(13-5-2)8(11)6-14-7(3)10/h8-9,11H,4-6H2,1-3H3/t8-/m0/s1. The van der Waals surface area contributed by atoms with Crippen molar-refractivity contribution >= 4 is 16.9 Å². The fourth-order valence-electron chi connectivity index (χ4n) is 0.880. The van der Waals surface area contributed by atoms with E-state index in [-0.39, 0.29) is 5.12 Å². The highest BCUT2D eigenvalue weighted by Gasteiger charge is 2.20. The molecule has 0 aromatic heterocycles. The lowest BCUT2D eigenvalue weighted by Crippen LogP contribution is -2.34. The minimum Gasteiger partial charge on any atom is -0.387 e. The zero-order valence-corrected chi connectivity index (χ0v) is 9.67. The van der Waals surface area contributed by atoms with Gasteiger partial charge in [-0.1, -0.05) is 11.8 Å². The Morgan fingerprint density at radius 3 is 2.21 bits per heavy atom. The monoisotopic (exact) mass is 222 g/mol. The molecule has 0 spiro atoms. The maximum absolute atomic E-state index is 10.7. The van der Waals surface area contributed by atoms with E-state index < -0.39 is 12.4 Å². The topological polar surface area (TPSA) is 55.8 Å². The molecule has 0 aromatic rings. The third-order valence-corrected chi connectivity index (χ3v) is 2.35. The van der Waals surface area contributed by atoms with E-state index in [1.807, 2.05) is 13.8 Å². The Bertz CT molecular complexity index is 157. The number of carbonyl (C=O) groups is 1. The van der Waals surface area contributed by atoms with Gasteiger partial charge in [-0.2, -0.15) is 0 Å². The number of hydrogen-bond donors (Lipinski definition) is 1. The zero-order chi connectivity index (χ0) is 11.0. The largest absolute Gasteiger partial charge is 0.387 e. The second-order valence-corrected chi connectivity index (χ2v) is 3.85. The average molecular weight is 222 g/mol. The van der Waals surface area contributed by atoms with Gasteiger partial charge in [0.25, 0.3) is 0 Å². The SMILES string of the molecule is CCOC(OCC)[C@@H](O)CSC(C)=O. The highest BCUT2D eigenvalue weighted by atomic mass is 32.2. The molecule has 0 saturated carbocycles. The van der Waals surface area contributed by atoms with Crippen LogP contribution < -0.4 is 0 Å². The molecule has 0 fully saturated rings. The van der Waals surface area contributed by atoms with Gasteiger partial charge in [0, 0.05) is 25.9 Å². The Morgan fingerprint density at radius 1 is 1.36 bits per heavy atom. The Balaban J connectivity index is 3.86. The molecule has 0 aliphatic carbocycles. The van der Waals surface area contributed by atoms with E-state index >= 15 is 0 Å². The molecule has 0 unspecified atom stereocenters. The van der Waals surface area contributed by atoms with Crippen molar-refractivity contribution in [1.82, 2.24) is 0 Å². The summed E-state index contributed by atoms with van der Waals surface area (Å²) in [5.41, 5.74) is 0. The van der Waals surface area contributed by atoms with E-state index in [9.17, 15) is 9.90 Å². The summed E-state index contributed by atoms with van der Waals surface area (Å²) >= 11 is 1.07. The van der Waals surface area contributed by atoms with Gasteiger partial charge >= 0.3 is 0 Å². The predicted octanol–water partition coefficient (Wildman–Crippen LogP) is 1.03. The molecule has 84 valence electrons. The van der Waals surface area contributed by atoms with Gasteiger partial charge < -0.3 is 14.6 Å². The van der Waals surface area contributed by atoms with Crippen LogP contribution in [-0.4, -0.2) is 41.6 Å². The van der Waals surface area contributed by atoms with Gasteiger partial charge in [-0.3, -0.25) is 4.79 Å². The van der Waals surface area contributed by atoms with E-state index in [1.165, 1.54) is 6.92 Å². The van der Waals surface area contributed by atoms with Gasteiger partial charge in [-0.25, -0.2) is 0 Å². The fraction of sp³-hybridized carbons (Fsp3) is 0.889. The Labute approximate surface area is 89.0 Å². The van der Waals surface area contributed by atoms with E-state index in [4.69, 9.17) is 9.47 Å². The summed E-state index contributed by atoms with van der Waals surface area (Å²) in [6, 6.07) is 0. The van der Waals surface area contributed by atoms with Crippen molar-refractivity contribution < 1.29 is 19.4 Å². The second-order valence-electron chi connectivity index (χ2n) is 2.65. The number of thioether (sulfide) groups is 1. The van der Waals surface area contributed by atoms with Gasteiger partial charge in [0.1, 0.15) is 6.10 Å². The summed E-state index contributed by atoms with van der Waals surface area (Å²) < 4.78 is 10.4. The molecule has 0 amide bonds. The maximum atomic E-state index is 10.7. The zero-order valence-electron chi connectivity index (χ0n) is 8.86. The van der Waals surface area contributed by atoms with Crippen LogP contribution in [0.5, 0.6) is 0 Å². The lowest BCUT2D eigenvalue weighted by molar-refractivity contribution is -0.183. The summed E-state index contributed by atoms with van der Waals surface area (Å²) in [6.45, 7) is 6.08. The maximum Gasteiger partial charge on any atom is 0.185 e. The Morgan fingerprint density at radius 2 is 1.86 bits per heavy atom. The van der Waals surface area contributed by atoms with Crippen LogP contribution in [0.4, 0.5) is 0 Å². The Hall–Kier alpha value is -0.100. The molecule has 0 aromatic carbocycles. The summed E-state index contributed by atoms with van der Waals surface area (Å²) in [5.74, 6) is 0.306. The van der Waals surface area contributed by atoms with Crippen LogP contribution in [0.1, 0.15) is 20.8 Å². The van der Waals surface area contributed by atoms with Gasteiger partial charge in [0.15, 0.2) is 11.4 Å². The molecule has 0 heterocycles. The number of carbonyl (C=O) groups excluding carboxylic acids is 1. The summed E-state index contributed by atoms with van der Waals surface area (Å²) in [6.07, 6.45) is -1.39. The first kappa shape index (κ1) is 13.9. The van der Waals surface area contributed by atoms with Crippen LogP contribution in [-0.2, 0) is 14.3 Å². The first-order valence-corrected chi connectivity index (χ1v) is 5.65. The summed E-state index contributed by atoms with van der Waals surface area (Å²) in [7, 11) is 0. The minimum atomic E-state index is -0.760. The highest BCUT2D eigenvalue weighted by molar-refractivity contribution is 8.13. The third kappa shape index (κ3) is 6.37. The van der Waals surface area contributed by atoms with Crippen molar-refractivity contribution in [3.63, 3.8) is 0 Å². The molecule has 0 rings (SSSR count). The quantitative estimate of drug-likeness (QED) is 0.652. The molecule has 1 N–H and O–H groups in total. The molecular weight excluding hydrogens is 204 g/mol. The van der Waals surface area contributed by atoms with Gasteiger partial charge in [0.05, 0.1) is 0 Å². The number of aliphatic hydroxyl groups excluding tert-OH is 1. The average Bonchev–Trinajstić information content (AvgIpc) is 2.14. The molecule has 4 nitrogen and oxygen atoms in total. The van der Waals surface area contributed by atoms with Crippen molar-refractivity contribution in [2.24, 2.45) is 0 Å². The normalized spacial score (nSPS) is 13.2. The first-order chi connectivity index (χ1) is 6.61. The molecule has 0 radical (unpaired) electrons. The van der Waals surface area contributed by atoms with E-state index in [2.05, 4.69) is 0 Å². The van der Waals surface area contributed by atoms with Crippen LogP contribution in [0.2, 0.25) is 0 Å². The molecule has 14 heavy (non-hydrogen) atoms. The van der Waals surface area contributed by atoms with Crippen molar-refractivity contribution in [3.8, 4) is 0 Å². The van der Waals surface area contributed by atoms with Crippen molar-refractivity contribution in [1.29, 1.82) is 0 Å². The van der Waals surface area contributed by atoms with E-state index in [0.29, 0.717) is 19.0 Å². The number of ether oxygens (including phenoxy) is 2. The number of rotatable bonds is 7. The van der Waals surface area contributed by atoms with Crippen LogP contribution in [0.3, 0.4) is 0 Å². The smallest absolute Gasteiger partial charge is 0.185 e. The summed E-state index contributed by atoms with van der Waals surface area (Å²) in [5, 5.41) is 9.58. The number of aliphatic hydroxyl groups is 1. The highest BCUT2D eigenvalue weighted by Crippen LogP contribution is 2.10.